The number of likely N-dealkylation sites (N-methyl/N-ethyl adjacent to an activating group) is 1. The van der Waals surface area contributed by atoms with Gasteiger partial charge in [0.25, 0.3) is 0 Å². The van der Waals surface area contributed by atoms with E-state index in [2.05, 4.69) is 49.3 Å². The van der Waals surface area contributed by atoms with Gasteiger partial charge in [0.05, 0.1) is 59.5 Å². The number of ether oxygens (including phenoxy) is 8. The van der Waals surface area contributed by atoms with Crippen LogP contribution in [0.25, 0.3) is 0 Å². The number of oxime groups is 1. The first-order valence-corrected chi connectivity index (χ1v) is 31.1. The Morgan fingerprint density at radius 2 is 1.38 bits per heavy atom. The summed E-state index contributed by atoms with van der Waals surface area (Å²) >= 11 is 0. The molecule has 2 N–H and O–H groups in total. The number of aliphatic hydroxyl groups is 2. The standard InChI is InChI=1S/C48H94N2O14Si2/c1-24-35-48(12,53)40(51)30(4)37(49-64-45(8,9)54-15)28(2)26-46(10,55-16)41(61-44-39(62-65(18,19)20)34(50(13)14)25-29(3)57-44)31(5)38(32(6)43(52)59-35)60-36-27-47(11,56-17)42(33(7)58-36)63-66(21,22)23/h28-36,38-42,44,51,53H,24-27H2,1-23H3/b49-37+/t28-,29-,30+,31+,32-,33+,34+,35?,36+,38?,39-,40-,41-,42+,44+,46-,47-,48-/m0/s1. The minimum atomic E-state index is -2.19. The van der Waals surface area contributed by atoms with E-state index in [9.17, 15) is 15.0 Å². The summed E-state index contributed by atoms with van der Waals surface area (Å²) in [6.45, 7) is 35.1. The quantitative estimate of drug-likeness (QED) is 0.0721. The summed E-state index contributed by atoms with van der Waals surface area (Å²) in [6, 6.07) is -0.0377. The Morgan fingerprint density at radius 1 is 0.818 bits per heavy atom. The molecule has 18 heteroatoms. The van der Waals surface area contributed by atoms with Crippen LogP contribution in [0.4, 0.5) is 0 Å². The van der Waals surface area contributed by atoms with Crippen LogP contribution in [-0.2, 0) is 56.4 Å². The SMILES string of the molecule is CCC1OC(=O)[C@@H](C)C(O[C@@H]2C[C@](C)(OC)[C@H](O[Si](C)(C)C)[C@@H](C)O2)[C@@H](C)[C@H](O[C@H]2O[C@@H](C)C[C@@H](N(C)C)[C@@H]2O[Si](C)(C)C)[C@@](C)(OC)C[C@H](C)/C(=N\OC(C)(C)OC)[C@@H](C)[C@H](O)[C@@]1(C)O. The van der Waals surface area contributed by atoms with Gasteiger partial charge in [-0.05, 0) is 114 Å². The van der Waals surface area contributed by atoms with E-state index in [1.165, 1.54) is 14.0 Å². The predicted octanol–water partition coefficient (Wildman–Crippen LogP) is 7.34. The average Bonchev–Trinajstić information content (AvgIpc) is 3.20. The van der Waals surface area contributed by atoms with E-state index in [4.69, 9.17) is 51.6 Å². The highest BCUT2D eigenvalue weighted by atomic mass is 28.4. The average molecular weight is 979 g/mol. The van der Waals surface area contributed by atoms with Crippen molar-refractivity contribution in [3.8, 4) is 0 Å². The zero-order valence-electron chi connectivity index (χ0n) is 45.2. The molecule has 0 spiro atoms. The molecule has 0 saturated carbocycles. The van der Waals surface area contributed by atoms with Crippen molar-refractivity contribution >= 4 is 28.3 Å². The monoisotopic (exact) mass is 979 g/mol. The van der Waals surface area contributed by atoms with Crippen LogP contribution in [0.2, 0.25) is 39.3 Å². The Hall–Kier alpha value is -1.11. The molecular weight excluding hydrogens is 885 g/mol. The van der Waals surface area contributed by atoms with E-state index < -0.39 is 118 Å². The number of nitrogens with zero attached hydrogens (tertiary/aromatic N) is 2. The third-order valence-electron chi connectivity index (χ3n) is 14.1. The molecule has 2 unspecified atom stereocenters. The largest absolute Gasteiger partial charge is 0.459 e. The third-order valence-corrected chi connectivity index (χ3v) is 16.0. The highest BCUT2D eigenvalue weighted by Crippen LogP contribution is 2.43. The van der Waals surface area contributed by atoms with Crippen molar-refractivity contribution in [2.45, 2.75) is 238 Å². The van der Waals surface area contributed by atoms with E-state index >= 15 is 0 Å². The van der Waals surface area contributed by atoms with Gasteiger partial charge in [-0.15, -0.1) is 0 Å². The van der Waals surface area contributed by atoms with Crippen molar-refractivity contribution in [2.24, 2.45) is 28.8 Å². The maximum absolute atomic E-state index is 14.8. The first-order valence-electron chi connectivity index (χ1n) is 24.3. The van der Waals surface area contributed by atoms with E-state index in [0.29, 0.717) is 12.1 Å². The summed E-state index contributed by atoms with van der Waals surface area (Å²) in [6.07, 6.45) is -5.99. The molecule has 3 aliphatic rings. The fourth-order valence-corrected chi connectivity index (χ4v) is 12.4. The zero-order valence-corrected chi connectivity index (χ0v) is 47.2. The molecule has 16 nitrogen and oxygen atoms in total. The van der Waals surface area contributed by atoms with Crippen LogP contribution in [0.15, 0.2) is 5.16 Å². The number of hydrogen-bond donors (Lipinski definition) is 2. The van der Waals surface area contributed by atoms with Crippen molar-refractivity contribution < 1.29 is 66.6 Å². The van der Waals surface area contributed by atoms with Crippen molar-refractivity contribution in [3.05, 3.63) is 0 Å². The predicted molar refractivity (Wildman–Crippen MR) is 260 cm³/mol. The summed E-state index contributed by atoms with van der Waals surface area (Å²) < 4.78 is 66.4. The first kappa shape index (κ1) is 59.2. The number of rotatable bonds is 15. The van der Waals surface area contributed by atoms with E-state index in [1.54, 1.807) is 48.8 Å². The van der Waals surface area contributed by atoms with E-state index in [-0.39, 0.29) is 31.1 Å². The van der Waals surface area contributed by atoms with Crippen LogP contribution >= 0.6 is 0 Å². The first-order chi connectivity index (χ1) is 30.1. The fraction of sp³-hybridized carbons (Fsp3) is 0.958. The third kappa shape index (κ3) is 14.7. The lowest BCUT2D eigenvalue weighted by atomic mass is 9.73. The topological polar surface area (TPSA) is 175 Å². The van der Waals surface area contributed by atoms with Crippen molar-refractivity contribution in [1.29, 1.82) is 0 Å². The summed E-state index contributed by atoms with van der Waals surface area (Å²) in [5, 5.41) is 29.1. The van der Waals surface area contributed by atoms with Crippen LogP contribution in [-0.4, -0.2) is 169 Å². The molecule has 0 aliphatic carbocycles. The maximum Gasteiger partial charge on any atom is 0.311 e. The number of methoxy groups -OCH3 is 3. The summed E-state index contributed by atoms with van der Waals surface area (Å²) in [5.74, 6) is -4.58. The summed E-state index contributed by atoms with van der Waals surface area (Å²) in [7, 11) is 4.68. The summed E-state index contributed by atoms with van der Waals surface area (Å²) in [5.41, 5.74) is -3.44. The Bertz CT molecular complexity index is 1580. The molecule has 0 radical (unpaired) electrons. The second kappa shape index (κ2) is 23.0. The van der Waals surface area contributed by atoms with Gasteiger partial charge in [-0.1, -0.05) is 32.9 Å². The molecule has 3 heterocycles. The Kier molecular flexibility index (Phi) is 20.6. The molecular formula is C48H94N2O14Si2. The molecule has 388 valence electrons. The molecule has 18 atom stereocenters. The fourth-order valence-electron chi connectivity index (χ4n) is 10.1. The maximum atomic E-state index is 14.8. The number of cyclic esters (lactones) is 1. The number of carbonyl (C=O) groups is 1. The number of carbonyl (C=O) groups excluding carboxylic acids is 1. The molecule has 3 aliphatic heterocycles. The lowest BCUT2D eigenvalue weighted by Gasteiger charge is -2.51. The Balaban J connectivity index is 2.39. The van der Waals surface area contributed by atoms with Gasteiger partial charge in [0.2, 0.25) is 5.79 Å². The van der Waals surface area contributed by atoms with Gasteiger partial charge < -0.3 is 66.7 Å². The van der Waals surface area contributed by atoms with Gasteiger partial charge in [0.1, 0.15) is 17.8 Å². The number of aliphatic hydroxyl groups excluding tert-OH is 1. The normalized spacial score (nSPS) is 42.5. The van der Waals surface area contributed by atoms with Crippen LogP contribution in [0.5, 0.6) is 0 Å². The second-order valence-electron chi connectivity index (χ2n) is 22.9. The van der Waals surface area contributed by atoms with Crippen LogP contribution in [0, 0.1) is 23.7 Å². The minimum absolute atomic E-state index is 0.0377. The second-order valence-corrected chi connectivity index (χ2v) is 31.8. The van der Waals surface area contributed by atoms with Crippen molar-refractivity contribution in [2.75, 3.05) is 35.4 Å². The molecule has 0 amide bonds. The molecule has 3 fully saturated rings. The molecule has 0 aromatic carbocycles. The minimum Gasteiger partial charge on any atom is -0.459 e. The lowest BCUT2D eigenvalue weighted by molar-refractivity contribution is -0.316. The molecule has 0 aromatic rings. The van der Waals surface area contributed by atoms with Gasteiger partial charge >= 0.3 is 5.97 Å². The van der Waals surface area contributed by atoms with Gasteiger partial charge in [-0.3, -0.25) is 4.79 Å². The number of esters is 1. The Morgan fingerprint density at radius 3 is 1.88 bits per heavy atom. The Labute approximate surface area is 400 Å². The van der Waals surface area contributed by atoms with Crippen molar-refractivity contribution in [3.63, 3.8) is 0 Å². The van der Waals surface area contributed by atoms with Gasteiger partial charge in [-0.25, -0.2) is 0 Å². The van der Waals surface area contributed by atoms with E-state index in [0.717, 1.165) is 6.42 Å². The summed E-state index contributed by atoms with van der Waals surface area (Å²) in [4.78, 5) is 23.0. The highest BCUT2D eigenvalue weighted by molar-refractivity contribution is 6.70. The zero-order chi connectivity index (χ0) is 50.7. The van der Waals surface area contributed by atoms with Gasteiger partial charge in [0, 0.05) is 65.4 Å². The molecule has 66 heavy (non-hydrogen) atoms. The molecule has 0 bridgehead atoms. The lowest BCUT2D eigenvalue weighted by Crippen LogP contribution is -2.63. The smallest absolute Gasteiger partial charge is 0.311 e. The van der Waals surface area contributed by atoms with Crippen LogP contribution < -0.4 is 0 Å². The van der Waals surface area contributed by atoms with Crippen molar-refractivity contribution in [1.82, 2.24) is 4.90 Å². The molecule has 0 aromatic heterocycles. The molecule has 3 saturated heterocycles. The molecule has 3 rings (SSSR count). The van der Waals surface area contributed by atoms with Gasteiger partial charge in [-0.2, -0.15) is 0 Å². The van der Waals surface area contributed by atoms with E-state index in [1.807, 2.05) is 55.6 Å². The van der Waals surface area contributed by atoms with Crippen LogP contribution in [0.3, 0.4) is 0 Å². The van der Waals surface area contributed by atoms with Gasteiger partial charge in [0.15, 0.2) is 29.2 Å². The van der Waals surface area contributed by atoms with Crippen LogP contribution in [0.1, 0.15) is 109 Å². The highest BCUT2D eigenvalue weighted by Gasteiger charge is 2.55. The number of hydrogen-bond acceptors (Lipinski definition) is 16.